The van der Waals surface area contributed by atoms with Gasteiger partial charge in [-0.25, -0.2) is 5.01 Å². The zero-order valence-electron chi connectivity index (χ0n) is 24.0. The fourth-order valence-corrected chi connectivity index (χ4v) is 4.67. The Morgan fingerprint density at radius 1 is 0.854 bits per heavy atom. The molecule has 10 nitrogen and oxygen atoms in total. The van der Waals surface area contributed by atoms with Gasteiger partial charge in [0.15, 0.2) is 0 Å². The van der Waals surface area contributed by atoms with Gasteiger partial charge < -0.3 is 28.6 Å². The van der Waals surface area contributed by atoms with E-state index in [-0.39, 0.29) is 31.5 Å². The van der Waals surface area contributed by atoms with Crippen molar-refractivity contribution in [3.8, 4) is 23.0 Å². The summed E-state index contributed by atoms with van der Waals surface area (Å²) in [6.45, 7) is 0.285. The summed E-state index contributed by atoms with van der Waals surface area (Å²) in [4.78, 5) is 28.9. The van der Waals surface area contributed by atoms with Gasteiger partial charge in [0.1, 0.15) is 29.5 Å². The first-order valence-electron chi connectivity index (χ1n) is 13.1. The molecule has 41 heavy (non-hydrogen) atoms. The molecule has 3 aromatic rings. The van der Waals surface area contributed by atoms with E-state index in [9.17, 15) is 9.59 Å². The van der Waals surface area contributed by atoms with Gasteiger partial charge in [-0.05, 0) is 54.6 Å². The smallest absolute Gasteiger partial charge is 0.262 e. The van der Waals surface area contributed by atoms with Gasteiger partial charge in [0, 0.05) is 36.8 Å². The topological polar surface area (TPSA) is 99.1 Å². The zero-order chi connectivity index (χ0) is 29.4. The average molecular weight is 562 g/mol. The lowest BCUT2D eigenvalue weighted by Crippen LogP contribution is -2.42. The summed E-state index contributed by atoms with van der Waals surface area (Å²) in [6, 6.07) is 19.2. The number of methoxy groups -OCH3 is 5. The fourth-order valence-electron chi connectivity index (χ4n) is 4.67. The second kappa shape index (κ2) is 13.7. The van der Waals surface area contributed by atoms with Crippen molar-refractivity contribution in [2.24, 2.45) is 5.10 Å². The van der Waals surface area contributed by atoms with Gasteiger partial charge in [-0.15, -0.1) is 0 Å². The Bertz CT molecular complexity index is 1390. The number of ether oxygens (including phenoxy) is 5. The van der Waals surface area contributed by atoms with Crippen LogP contribution in [0.25, 0.3) is 0 Å². The third kappa shape index (κ3) is 6.78. The first-order valence-corrected chi connectivity index (χ1v) is 13.1. The zero-order valence-corrected chi connectivity index (χ0v) is 24.0. The molecule has 0 unspecified atom stereocenters. The molecule has 1 aliphatic heterocycles. The Hall–Kier alpha value is -4.57. The van der Waals surface area contributed by atoms with Crippen molar-refractivity contribution in [3.05, 3.63) is 83.4 Å². The molecule has 3 aromatic carbocycles. The first-order chi connectivity index (χ1) is 19.9. The lowest BCUT2D eigenvalue weighted by Gasteiger charge is -2.28. The normalized spacial score (nSPS) is 14.3. The minimum Gasteiger partial charge on any atom is -0.497 e. The summed E-state index contributed by atoms with van der Waals surface area (Å²) in [5, 5.41) is 6.21. The molecule has 1 heterocycles. The molecule has 0 spiro atoms. The summed E-state index contributed by atoms with van der Waals surface area (Å²) in [7, 11) is 7.87. The molecule has 1 aliphatic rings. The molecule has 0 saturated carbocycles. The summed E-state index contributed by atoms with van der Waals surface area (Å²) < 4.78 is 27.0. The van der Waals surface area contributed by atoms with Crippen molar-refractivity contribution in [2.45, 2.75) is 12.5 Å². The van der Waals surface area contributed by atoms with E-state index >= 15 is 0 Å². The van der Waals surface area contributed by atoms with E-state index in [2.05, 4.69) is 0 Å². The Morgan fingerprint density at radius 2 is 1.54 bits per heavy atom. The van der Waals surface area contributed by atoms with Gasteiger partial charge in [-0.2, -0.15) is 5.10 Å². The van der Waals surface area contributed by atoms with E-state index in [0.717, 1.165) is 11.1 Å². The van der Waals surface area contributed by atoms with Gasteiger partial charge in [0.2, 0.25) is 0 Å². The van der Waals surface area contributed by atoms with E-state index in [1.807, 2.05) is 30.3 Å². The van der Waals surface area contributed by atoms with Crippen molar-refractivity contribution >= 4 is 17.5 Å². The lowest BCUT2D eigenvalue weighted by molar-refractivity contribution is -0.133. The van der Waals surface area contributed by atoms with E-state index in [1.165, 1.54) is 9.91 Å². The average Bonchev–Trinajstić information content (AvgIpc) is 3.48. The van der Waals surface area contributed by atoms with Crippen LogP contribution >= 0.6 is 0 Å². The molecule has 0 bridgehead atoms. The van der Waals surface area contributed by atoms with Crippen LogP contribution in [-0.4, -0.2) is 82.7 Å². The van der Waals surface area contributed by atoms with Crippen LogP contribution in [0.3, 0.4) is 0 Å². The molecular weight excluding hydrogens is 526 g/mol. The molecule has 2 amide bonds. The summed E-state index contributed by atoms with van der Waals surface area (Å²) >= 11 is 0. The van der Waals surface area contributed by atoms with E-state index in [0.29, 0.717) is 40.7 Å². The minimum atomic E-state index is -0.492. The number of benzene rings is 3. The van der Waals surface area contributed by atoms with Crippen molar-refractivity contribution in [2.75, 3.05) is 55.2 Å². The molecule has 0 radical (unpaired) electrons. The van der Waals surface area contributed by atoms with E-state index in [4.69, 9.17) is 28.8 Å². The molecule has 0 saturated heterocycles. The monoisotopic (exact) mass is 561 g/mol. The highest BCUT2D eigenvalue weighted by Gasteiger charge is 2.36. The maximum Gasteiger partial charge on any atom is 0.262 e. The molecular formula is C31H35N3O7. The van der Waals surface area contributed by atoms with Crippen LogP contribution in [0.4, 0.5) is 0 Å². The summed E-state index contributed by atoms with van der Waals surface area (Å²) in [5.74, 6) is 1.88. The second-order valence-corrected chi connectivity index (χ2v) is 9.29. The SMILES string of the molecule is COCCN(CC(=O)N1N=C(c2cccc(OC)c2)C[C@@H]1c1cc(OC)ccc1OC)C(=O)c1ccc(OC)cc1. The van der Waals surface area contributed by atoms with Gasteiger partial charge in [-0.3, -0.25) is 9.59 Å². The lowest BCUT2D eigenvalue weighted by atomic mass is 9.97. The minimum absolute atomic E-state index is 0.202. The van der Waals surface area contributed by atoms with Crippen LogP contribution in [-0.2, 0) is 9.53 Å². The maximum atomic E-state index is 14.0. The number of rotatable bonds is 12. The fraction of sp³-hybridized carbons (Fsp3) is 0.323. The molecule has 1 atom stereocenters. The third-order valence-corrected chi connectivity index (χ3v) is 6.88. The molecule has 0 N–H and O–H groups in total. The highest BCUT2D eigenvalue weighted by Crippen LogP contribution is 2.39. The van der Waals surface area contributed by atoms with Crippen molar-refractivity contribution < 1.29 is 33.3 Å². The second-order valence-electron chi connectivity index (χ2n) is 9.29. The quantitative estimate of drug-likeness (QED) is 0.327. The number of amides is 2. The third-order valence-electron chi connectivity index (χ3n) is 6.88. The number of carbonyl (C=O) groups is 2. The van der Waals surface area contributed by atoms with Gasteiger partial charge in [0.05, 0.1) is 46.8 Å². The van der Waals surface area contributed by atoms with E-state index in [1.54, 1.807) is 71.9 Å². The van der Waals surface area contributed by atoms with Crippen LogP contribution in [0.5, 0.6) is 23.0 Å². The molecule has 0 aliphatic carbocycles. The Kier molecular flexibility index (Phi) is 9.81. The van der Waals surface area contributed by atoms with Crippen molar-refractivity contribution in [3.63, 3.8) is 0 Å². The number of hydrogen-bond donors (Lipinski definition) is 0. The van der Waals surface area contributed by atoms with Gasteiger partial charge in [0.25, 0.3) is 11.8 Å². The number of hydrogen-bond acceptors (Lipinski definition) is 8. The molecule has 216 valence electrons. The molecule has 10 heteroatoms. The standard InChI is InChI=1S/C31H35N3O7/c1-37-16-15-33(31(36)21-9-11-23(38-2)12-10-21)20-30(35)34-28(26-18-25(40-4)13-14-29(26)41-5)19-27(32-34)22-7-6-8-24(17-22)39-3/h6-14,17-18,28H,15-16,19-20H2,1-5H3/t28-/m1/s1. The Morgan fingerprint density at radius 3 is 2.20 bits per heavy atom. The van der Waals surface area contributed by atoms with Crippen LogP contribution in [0.1, 0.15) is 33.9 Å². The summed E-state index contributed by atoms with van der Waals surface area (Å²) in [5.41, 5.74) is 2.71. The van der Waals surface area contributed by atoms with Crippen molar-refractivity contribution in [1.29, 1.82) is 0 Å². The van der Waals surface area contributed by atoms with Gasteiger partial charge >= 0.3 is 0 Å². The van der Waals surface area contributed by atoms with Crippen LogP contribution in [0.2, 0.25) is 0 Å². The molecule has 0 aromatic heterocycles. The largest absolute Gasteiger partial charge is 0.497 e. The predicted molar refractivity (Wildman–Crippen MR) is 154 cm³/mol. The first kappa shape index (κ1) is 29.4. The van der Waals surface area contributed by atoms with Gasteiger partial charge in [-0.1, -0.05) is 12.1 Å². The van der Waals surface area contributed by atoms with Crippen LogP contribution in [0.15, 0.2) is 71.8 Å². The number of nitrogens with zero attached hydrogens (tertiary/aromatic N) is 3. The van der Waals surface area contributed by atoms with Crippen LogP contribution < -0.4 is 18.9 Å². The maximum absolute atomic E-state index is 14.0. The highest BCUT2D eigenvalue weighted by atomic mass is 16.5. The Balaban J connectivity index is 1.69. The Labute approximate surface area is 240 Å². The summed E-state index contributed by atoms with van der Waals surface area (Å²) in [6.07, 6.45) is 0.424. The predicted octanol–water partition coefficient (Wildman–Crippen LogP) is 4.19. The van der Waals surface area contributed by atoms with Crippen molar-refractivity contribution in [1.82, 2.24) is 9.91 Å². The molecule has 4 rings (SSSR count). The number of hydrazone groups is 1. The van der Waals surface area contributed by atoms with E-state index < -0.39 is 6.04 Å². The molecule has 0 fully saturated rings. The number of carbonyl (C=O) groups excluding carboxylic acids is 2. The highest BCUT2D eigenvalue weighted by molar-refractivity contribution is 6.04. The van der Waals surface area contributed by atoms with Crippen LogP contribution in [0, 0.1) is 0 Å².